The second kappa shape index (κ2) is 6.69. The molecule has 1 aromatic rings. The summed E-state index contributed by atoms with van der Waals surface area (Å²) in [6.07, 6.45) is 2.39. The third-order valence-electron chi connectivity index (χ3n) is 3.99. The van der Waals surface area contributed by atoms with Crippen LogP contribution in [0.5, 0.6) is 0 Å². The first-order valence-electron chi connectivity index (χ1n) is 6.84. The summed E-state index contributed by atoms with van der Waals surface area (Å²) < 4.78 is 12.9. The lowest BCUT2D eigenvalue weighted by Crippen LogP contribution is -2.42. The Morgan fingerprint density at radius 3 is 2.47 bits per heavy atom. The predicted octanol–water partition coefficient (Wildman–Crippen LogP) is 3.13. The summed E-state index contributed by atoms with van der Waals surface area (Å²) >= 11 is 6.43. The van der Waals surface area contributed by atoms with Crippen molar-refractivity contribution in [3.63, 3.8) is 0 Å². The zero-order valence-electron chi connectivity index (χ0n) is 11.6. The largest absolute Gasteiger partial charge is 0.306 e. The minimum Gasteiger partial charge on any atom is -0.306 e. The molecule has 4 heteroatoms. The molecule has 0 N–H and O–H groups in total. The van der Waals surface area contributed by atoms with Crippen LogP contribution in [0.15, 0.2) is 24.3 Å². The quantitative estimate of drug-likeness (QED) is 0.784. The molecule has 2 rings (SSSR count). The van der Waals surface area contributed by atoms with E-state index in [0.717, 1.165) is 25.2 Å². The minimum atomic E-state index is -0.212. The van der Waals surface area contributed by atoms with Crippen LogP contribution in [0.25, 0.3) is 0 Å². The third kappa shape index (κ3) is 4.16. The Morgan fingerprint density at radius 2 is 1.89 bits per heavy atom. The molecule has 2 nitrogen and oxygen atoms in total. The van der Waals surface area contributed by atoms with Gasteiger partial charge < -0.3 is 9.80 Å². The van der Waals surface area contributed by atoms with Gasteiger partial charge in [0.15, 0.2) is 0 Å². The van der Waals surface area contributed by atoms with E-state index in [2.05, 4.69) is 23.9 Å². The average molecular weight is 285 g/mol. The SMILES string of the molecule is CN1CCC(N(C)CC(Cl)c2ccc(F)cc2)CC1. The van der Waals surface area contributed by atoms with Crippen molar-refractivity contribution in [1.29, 1.82) is 0 Å². The normalized spacial score (nSPS) is 19.8. The maximum atomic E-state index is 12.9. The van der Waals surface area contributed by atoms with Gasteiger partial charge in [0, 0.05) is 12.6 Å². The first-order chi connectivity index (χ1) is 9.06. The van der Waals surface area contributed by atoms with Crippen molar-refractivity contribution in [1.82, 2.24) is 9.80 Å². The van der Waals surface area contributed by atoms with E-state index in [4.69, 9.17) is 11.6 Å². The predicted molar refractivity (Wildman–Crippen MR) is 78.1 cm³/mol. The van der Waals surface area contributed by atoms with Crippen molar-refractivity contribution in [2.24, 2.45) is 0 Å². The van der Waals surface area contributed by atoms with Crippen LogP contribution in [0, 0.1) is 5.82 Å². The summed E-state index contributed by atoms with van der Waals surface area (Å²) in [4.78, 5) is 4.70. The van der Waals surface area contributed by atoms with Gasteiger partial charge in [0.1, 0.15) is 5.82 Å². The van der Waals surface area contributed by atoms with E-state index in [0.29, 0.717) is 6.04 Å². The molecule has 1 aromatic carbocycles. The van der Waals surface area contributed by atoms with Crippen LogP contribution in [0.3, 0.4) is 0 Å². The first kappa shape index (κ1) is 14.8. The van der Waals surface area contributed by atoms with Gasteiger partial charge in [-0.05, 0) is 57.7 Å². The van der Waals surface area contributed by atoms with Gasteiger partial charge in [0.2, 0.25) is 0 Å². The maximum absolute atomic E-state index is 12.9. The first-order valence-corrected chi connectivity index (χ1v) is 7.28. The molecule has 1 aliphatic heterocycles. The number of piperidine rings is 1. The molecule has 19 heavy (non-hydrogen) atoms. The Balaban J connectivity index is 1.87. The van der Waals surface area contributed by atoms with Gasteiger partial charge in [-0.3, -0.25) is 0 Å². The highest BCUT2D eigenvalue weighted by atomic mass is 35.5. The number of likely N-dealkylation sites (N-methyl/N-ethyl adjacent to an activating group) is 1. The number of hydrogen-bond acceptors (Lipinski definition) is 2. The molecule has 1 unspecified atom stereocenters. The van der Waals surface area contributed by atoms with E-state index in [1.165, 1.54) is 25.0 Å². The van der Waals surface area contributed by atoms with E-state index in [1.807, 2.05) is 0 Å². The van der Waals surface area contributed by atoms with Crippen LogP contribution in [-0.4, -0.2) is 49.6 Å². The summed E-state index contributed by atoms with van der Waals surface area (Å²) in [5, 5.41) is -0.0785. The topological polar surface area (TPSA) is 6.48 Å². The molecule has 1 atom stereocenters. The molecule has 1 aliphatic rings. The smallest absolute Gasteiger partial charge is 0.123 e. The van der Waals surface area contributed by atoms with Crippen molar-refractivity contribution < 1.29 is 4.39 Å². The summed E-state index contributed by atoms with van der Waals surface area (Å²) in [5.41, 5.74) is 0.989. The second-order valence-electron chi connectivity index (χ2n) is 5.49. The summed E-state index contributed by atoms with van der Waals surface area (Å²) in [6.45, 7) is 3.11. The lowest BCUT2D eigenvalue weighted by Gasteiger charge is -2.36. The van der Waals surface area contributed by atoms with Gasteiger partial charge in [-0.1, -0.05) is 12.1 Å². The molecule has 0 aromatic heterocycles. The van der Waals surface area contributed by atoms with Crippen LogP contribution >= 0.6 is 11.6 Å². The molecule has 0 amide bonds. The van der Waals surface area contributed by atoms with Crippen LogP contribution in [0.2, 0.25) is 0 Å². The average Bonchev–Trinajstić information content (AvgIpc) is 2.40. The highest BCUT2D eigenvalue weighted by Gasteiger charge is 2.22. The van der Waals surface area contributed by atoms with Crippen molar-refractivity contribution in [2.45, 2.75) is 24.3 Å². The third-order valence-corrected chi connectivity index (χ3v) is 4.38. The van der Waals surface area contributed by atoms with Gasteiger partial charge in [-0.2, -0.15) is 0 Å². The van der Waals surface area contributed by atoms with E-state index in [1.54, 1.807) is 12.1 Å². The van der Waals surface area contributed by atoms with Crippen molar-refractivity contribution >= 4 is 11.6 Å². The van der Waals surface area contributed by atoms with Gasteiger partial charge in [-0.25, -0.2) is 4.39 Å². The number of benzene rings is 1. The molecule has 0 aliphatic carbocycles. The fourth-order valence-electron chi connectivity index (χ4n) is 2.61. The van der Waals surface area contributed by atoms with Gasteiger partial charge in [0.05, 0.1) is 5.38 Å². The Kier molecular flexibility index (Phi) is 5.20. The molecule has 106 valence electrons. The van der Waals surface area contributed by atoms with Gasteiger partial charge >= 0.3 is 0 Å². The molecule has 0 spiro atoms. The van der Waals surface area contributed by atoms with Crippen LogP contribution < -0.4 is 0 Å². The van der Waals surface area contributed by atoms with E-state index < -0.39 is 0 Å². The monoisotopic (exact) mass is 284 g/mol. The van der Waals surface area contributed by atoms with Gasteiger partial charge in [-0.15, -0.1) is 11.6 Å². The standard InChI is InChI=1S/C15H22ClFN2/c1-18-9-7-14(8-10-18)19(2)11-15(16)12-3-5-13(17)6-4-12/h3-6,14-15H,7-11H2,1-2H3. The molecular formula is C15H22ClFN2. The molecule has 0 bridgehead atoms. The fraction of sp³-hybridized carbons (Fsp3) is 0.600. The minimum absolute atomic E-state index is 0.0785. The Hall–Kier alpha value is -0.640. The lowest BCUT2D eigenvalue weighted by atomic mass is 10.0. The van der Waals surface area contributed by atoms with Crippen molar-refractivity contribution in [2.75, 3.05) is 33.7 Å². The molecule has 1 fully saturated rings. The van der Waals surface area contributed by atoms with E-state index in [-0.39, 0.29) is 11.2 Å². The Bertz CT molecular complexity index is 388. The number of halogens is 2. The summed E-state index contributed by atoms with van der Waals surface area (Å²) in [7, 11) is 4.30. The summed E-state index contributed by atoms with van der Waals surface area (Å²) in [5.74, 6) is -0.212. The van der Waals surface area contributed by atoms with Crippen molar-refractivity contribution in [3.8, 4) is 0 Å². The molecule has 0 saturated carbocycles. The van der Waals surface area contributed by atoms with Gasteiger partial charge in [0.25, 0.3) is 0 Å². The number of likely N-dealkylation sites (tertiary alicyclic amines) is 1. The number of alkyl halides is 1. The van der Waals surface area contributed by atoms with E-state index in [9.17, 15) is 4.39 Å². The second-order valence-corrected chi connectivity index (χ2v) is 6.02. The fourth-order valence-corrected chi connectivity index (χ4v) is 2.98. The van der Waals surface area contributed by atoms with Crippen LogP contribution in [0.1, 0.15) is 23.8 Å². The number of rotatable bonds is 4. The summed E-state index contributed by atoms with van der Waals surface area (Å²) in [6, 6.07) is 7.10. The maximum Gasteiger partial charge on any atom is 0.123 e. The number of hydrogen-bond donors (Lipinski definition) is 0. The Morgan fingerprint density at radius 1 is 1.32 bits per heavy atom. The zero-order valence-corrected chi connectivity index (χ0v) is 12.4. The molecular weight excluding hydrogens is 263 g/mol. The molecule has 1 heterocycles. The molecule has 1 saturated heterocycles. The highest BCUT2D eigenvalue weighted by Crippen LogP contribution is 2.24. The molecule has 0 radical (unpaired) electrons. The van der Waals surface area contributed by atoms with Crippen LogP contribution in [-0.2, 0) is 0 Å². The van der Waals surface area contributed by atoms with E-state index >= 15 is 0 Å². The Labute approximate surface area is 120 Å². The highest BCUT2D eigenvalue weighted by molar-refractivity contribution is 6.21. The zero-order chi connectivity index (χ0) is 13.8. The lowest BCUT2D eigenvalue weighted by molar-refractivity contribution is 0.144. The van der Waals surface area contributed by atoms with Crippen LogP contribution in [0.4, 0.5) is 4.39 Å². The number of nitrogens with zero attached hydrogens (tertiary/aromatic N) is 2. The van der Waals surface area contributed by atoms with Crippen molar-refractivity contribution in [3.05, 3.63) is 35.6 Å².